The van der Waals surface area contributed by atoms with Crippen LogP contribution in [-0.4, -0.2) is 23.9 Å². The fraction of sp³-hybridized carbons (Fsp3) is 0. The minimum atomic E-state index is 0. The van der Waals surface area contributed by atoms with Crippen molar-refractivity contribution in [2.75, 3.05) is 0 Å². The van der Waals surface area contributed by atoms with Gasteiger partial charge in [0.25, 0.3) is 0 Å². The van der Waals surface area contributed by atoms with Crippen LogP contribution in [0.15, 0.2) is 0 Å². The molecule has 0 bridgehead atoms. The monoisotopic (exact) mass is 504 g/mol. The van der Waals surface area contributed by atoms with Gasteiger partial charge in [-0.25, -0.2) is 0 Å². The normalized spacial score (nSPS) is 2.46. The van der Waals surface area contributed by atoms with Crippen molar-refractivity contribution in [3.05, 3.63) is 128 Å². The van der Waals surface area contributed by atoms with Crippen LogP contribution in [0.4, 0.5) is 0 Å². The van der Waals surface area contributed by atoms with E-state index in [9.17, 15) is 0 Å². The van der Waals surface area contributed by atoms with Crippen LogP contribution in [-0.2, 0) is 21.7 Å². The van der Waals surface area contributed by atoms with Crippen molar-refractivity contribution in [3.8, 4) is 0 Å². The summed E-state index contributed by atoms with van der Waals surface area (Å²) in [7, 11) is 0. The molecule has 0 unspecified atom stereocenters. The number of hydrogen-bond donors (Lipinski definition) is 0. The van der Waals surface area contributed by atoms with Gasteiger partial charge in [-0.05, 0) is 0 Å². The Labute approximate surface area is 173 Å². The molecule has 24 nitrogen and oxygen atoms in total. The molecule has 0 saturated heterocycles. The third kappa shape index (κ3) is 449. The minimum Gasteiger partial charge on any atom is -0.373 e. The summed E-state index contributed by atoms with van der Waals surface area (Å²) < 4.78 is 0. The molecule has 0 spiro atoms. The molecule has 0 aromatic carbocycles. The van der Waals surface area contributed by atoms with Crippen LogP contribution in [0.2, 0.25) is 0 Å². The fourth-order valence-electron chi connectivity index (χ4n) is 0. The van der Waals surface area contributed by atoms with Crippen molar-refractivity contribution in [2.45, 2.75) is 0 Å². The van der Waals surface area contributed by atoms with E-state index in [1.54, 1.807) is 0 Å². The Kier molecular flexibility index (Phi) is 1360. The molecule has 0 aliphatic rings. The molecule has 0 saturated carbocycles. The maximum atomic E-state index is 6.75. The van der Waals surface area contributed by atoms with Gasteiger partial charge in [0, 0.05) is 0 Å². The Hall–Kier alpha value is -4.01. The fourth-order valence-corrected chi connectivity index (χ4v) is 0. The molecule has 0 fully saturated rings. The van der Waals surface area contributed by atoms with E-state index in [2.05, 4.69) is 0 Å². The smallest absolute Gasteiger partial charge is 0.373 e. The van der Waals surface area contributed by atoms with Gasteiger partial charge in [-0.1, -0.05) is 0 Å². The van der Waals surface area contributed by atoms with Crippen molar-refractivity contribution >= 4 is 23.9 Å². The summed E-state index contributed by atoms with van der Waals surface area (Å²) in [6.07, 6.45) is 0. The van der Waals surface area contributed by atoms with E-state index in [0.29, 0.717) is 0 Å². The van der Waals surface area contributed by atoms with Crippen LogP contribution in [0.1, 0.15) is 0 Å². The Morgan fingerprint density at radius 1 is 0.231 bits per heavy atom. The van der Waals surface area contributed by atoms with E-state index in [1.807, 2.05) is 0 Å². The van der Waals surface area contributed by atoms with Crippen molar-refractivity contribution in [1.82, 2.24) is 0 Å². The van der Waals surface area contributed by atoms with Crippen LogP contribution < -0.4 is 0 Å². The van der Waals surface area contributed by atoms with Crippen LogP contribution in [0.25, 0.3) is 128 Å². The first-order valence-electron chi connectivity index (χ1n) is 3.20. The molecule has 26 heteroatoms. The van der Waals surface area contributed by atoms with Crippen LogP contribution in [0, 0.1) is 0 Å². The van der Waals surface area contributed by atoms with Gasteiger partial charge in [0.2, 0.25) is 0 Å². The minimum absolute atomic E-state index is 0. The molecule has 128 valence electrons. The summed E-state index contributed by atoms with van der Waals surface area (Å²) in [5.74, 6) is 0. The quantitative estimate of drug-likeness (QED) is 0.147. The third-order valence-electron chi connectivity index (χ3n) is 0. The van der Waals surface area contributed by atoms with E-state index in [0.717, 1.165) is 0 Å². The van der Waals surface area contributed by atoms with Crippen molar-refractivity contribution < 1.29 is 21.7 Å². The second-order valence-electron chi connectivity index (χ2n) is 0.716. The van der Waals surface area contributed by atoms with Crippen LogP contribution in [0.3, 0.4) is 0 Å². The third-order valence-corrected chi connectivity index (χ3v) is 0. The van der Waals surface area contributed by atoms with Gasteiger partial charge in [-0.3, -0.25) is 39.3 Å². The summed E-state index contributed by atoms with van der Waals surface area (Å²) in [6.45, 7) is 0. The standard InChI is InChI=1S/8N3.Sn.Ti/c8*1-3-2;;/q8*-1;2*+4. The van der Waals surface area contributed by atoms with E-state index in [1.165, 1.54) is 39.3 Å². The van der Waals surface area contributed by atoms with Gasteiger partial charge >= 0.3 is 45.6 Å². The first kappa shape index (κ1) is 67.4. The SMILES string of the molecule is [N-]=[N+]=[N-].[N-]=[N+]=[N-].[N-]=[N+]=[N-].[N-]=[N+]=[N-].[N-]=[N+]=[N-].[N-]=[N+]=[N-].[N-]=[N+]=[N-].[N-]=[N+]=[N-].[Sn+4].[Ti+4]. The first-order valence-corrected chi connectivity index (χ1v) is 3.20. The summed E-state index contributed by atoms with van der Waals surface area (Å²) in [5, 5.41) is 0. The molecule has 0 amide bonds. The molecule has 0 aliphatic carbocycles. The van der Waals surface area contributed by atoms with E-state index < -0.39 is 0 Å². The van der Waals surface area contributed by atoms with Gasteiger partial charge in [0.1, 0.15) is 0 Å². The summed E-state index contributed by atoms with van der Waals surface area (Å²) in [4.78, 5) is 12.0. The first-order chi connectivity index (χ1) is 11.3. The number of rotatable bonds is 0. The maximum Gasteiger partial charge on any atom is 4.00 e. The van der Waals surface area contributed by atoms with Crippen LogP contribution >= 0.6 is 0 Å². The van der Waals surface area contributed by atoms with Crippen LogP contribution in [0.5, 0.6) is 0 Å². The second-order valence-corrected chi connectivity index (χ2v) is 0.716. The number of hydrogen-bond acceptors (Lipinski definition) is 0. The maximum absolute atomic E-state index is 6.75. The topological polar surface area (TPSA) is 470 Å². The van der Waals surface area contributed by atoms with Gasteiger partial charge in [-0.15, -0.1) is 0 Å². The van der Waals surface area contributed by atoms with Crippen molar-refractivity contribution in [1.29, 1.82) is 0 Å². The molecule has 0 atom stereocenters. The Balaban J connectivity index is -0.0000000139. The van der Waals surface area contributed by atoms with Gasteiger partial charge in [-0.2, -0.15) is 0 Å². The molecule has 0 aromatic rings. The molecule has 0 rings (SSSR count). The van der Waals surface area contributed by atoms with Crippen molar-refractivity contribution in [3.63, 3.8) is 0 Å². The average molecular weight is 503 g/mol. The summed E-state index contributed by atoms with van der Waals surface area (Å²) in [6, 6.07) is 0. The average Bonchev–Trinajstić information content (AvgIpc) is 2.45. The summed E-state index contributed by atoms with van der Waals surface area (Å²) >= 11 is 0. The molecular weight excluding hydrogens is 503 g/mol. The summed E-state index contributed by atoms with van der Waals surface area (Å²) in [5.41, 5.74) is 108. The molecular formula is N24SnTi. The molecule has 0 aliphatic heterocycles. The molecule has 0 N–H and O–H groups in total. The van der Waals surface area contributed by atoms with Gasteiger partial charge in [0.05, 0.1) is 0 Å². The zero-order valence-corrected chi connectivity index (χ0v) is 16.1. The predicted octanol–water partition coefficient (Wildman–Crippen LogP) is 6.55. The van der Waals surface area contributed by atoms with Gasteiger partial charge < -0.3 is 88.5 Å². The molecule has 0 heterocycles. The molecule has 0 radical (unpaired) electrons. The van der Waals surface area contributed by atoms with E-state index in [-0.39, 0.29) is 45.6 Å². The zero-order valence-electron chi connectivity index (χ0n) is 11.7. The predicted molar refractivity (Wildman–Crippen MR) is 86.4 cm³/mol. The Bertz CT molecular complexity index is 324. The Morgan fingerprint density at radius 2 is 0.231 bits per heavy atom. The second kappa shape index (κ2) is 526. The largest absolute Gasteiger partial charge is 4.00 e. The van der Waals surface area contributed by atoms with Crippen molar-refractivity contribution in [2.24, 2.45) is 0 Å². The molecule has 26 heavy (non-hydrogen) atoms. The number of nitrogens with zero attached hydrogens (tertiary/aromatic N) is 24. The van der Waals surface area contributed by atoms with Gasteiger partial charge in [0.15, 0.2) is 0 Å². The molecule has 0 aromatic heterocycles. The zero-order chi connectivity index (χ0) is 21.7. The van der Waals surface area contributed by atoms with E-state index >= 15 is 0 Å². The van der Waals surface area contributed by atoms with E-state index in [4.69, 9.17) is 88.5 Å². The Morgan fingerprint density at radius 3 is 0.231 bits per heavy atom.